The van der Waals surface area contributed by atoms with E-state index in [1.165, 1.54) is 18.2 Å². The van der Waals surface area contributed by atoms with Crippen LogP contribution in [0.15, 0.2) is 30.5 Å². The lowest BCUT2D eigenvalue weighted by atomic mass is 10.0. The Kier molecular flexibility index (Phi) is 4.16. The number of nitrogens with one attached hydrogen (secondary N) is 1. The van der Waals surface area contributed by atoms with E-state index in [2.05, 4.69) is 15.3 Å². The smallest absolute Gasteiger partial charge is 0.131 e. The van der Waals surface area contributed by atoms with Gasteiger partial charge in [-0.05, 0) is 31.7 Å². The number of halogens is 2. The summed E-state index contributed by atoms with van der Waals surface area (Å²) in [6.45, 7) is 4.19. The van der Waals surface area contributed by atoms with Crippen LogP contribution in [0.2, 0.25) is 0 Å². The first kappa shape index (κ1) is 13.5. The molecule has 1 aromatic heterocycles. The molecule has 0 aliphatic rings. The summed E-state index contributed by atoms with van der Waals surface area (Å²) in [6, 6.07) is 4.88. The number of benzene rings is 1. The first-order valence-electron chi connectivity index (χ1n) is 6.10. The lowest BCUT2D eigenvalue weighted by Gasteiger charge is -2.19. The van der Waals surface area contributed by atoms with Gasteiger partial charge in [0.15, 0.2) is 0 Å². The average Bonchev–Trinajstić information content (AvgIpc) is 2.37. The van der Waals surface area contributed by atoms with Crippen LogP contribution in [0.3, 0.4) is 0 Å². The highest BCUT2D eigenvalue weighted by atomic mass is 19.1. The Bertz CT molecular complexity index is 552. The first-order chi connectivity index (χ1) is 9.13. The zero-order valence-corrected chi connectivity index (χ0v) is 10.8. The van der Waals surface area contributed by atoms with E-state index in [0.717, 1.165) is 0 Å². The molecule has 100 valence electrons. The normalized spacial score (nSPS) is 12.4. The fourth-order valence-electron chi connectivity index (χ4n) is 1.98. The predicted octanol–water partition coefficient (Wildman–Crippen LogP) is 2.76. The van der Waals surface area contributed by atoms with Crippen LogP contribution >= 0.6 is 0 Å². The third-order valence-corrected chi connectivity index (χ3v) is 2.79. The van der Waals surface area contributed by atoms with Crippen molar-refractivity contribution >= 4 is 0 Å². The third-order valence-electron chi connectivity index (χ3n) is 2.79. The van der Waals surface area contributed by atoms with Gasteiger partial charge in [0.25, 0.3) is 0 Å². The minimum Gasteiger partial charge on any atom is -0.305 e. The molecule has 1 atom stereocenters. The zero-order valence-electron chi connectivity index (χ0n) is 10.8. The molecule has 0 amide bonds. The number of nitrogens with zero attached hydrogens (tertiary/aromatic N) is 2. The van der Waals surface area contributed by atoms with E-state index >= 15 is 0 Å². The van der Waals surface area contributed by atoms with E-state index in [1.54, 1.807) is 19.2 Å². The van der Waals surface area contributed by atoms with Crippen molar-refractivity contribution in [3.63, 3.8) is 0 Å². The number of hydrogen-bond donors (Lipinski definition) is 1. The van der Waals surface area contributed by atoms with Crippen LogP contribution in [0.5, 0.6) is 0 Å². The predicted molar refractivity (Wildman–Crippen MR) is 68.6 cm³/mol. The molecular formula is C14H15F2N3. The average molecular weight is 263 g/mol. The van der Waals surface area contributed by atoms with Crippen LogP contribution in [0.4, 0.5) is 8.78 Å². The van der Waals surface area contributed by atoms with Crippen molar-refractivity contribution in [3.05, 3.63) is 59.2 Å². The van der Waals surface area contributed by atoms with Crippen molar-refractivity contribution < 1.29 is 8.78 Å². The van der Waals surface area contributed by atoms with Crippen molar-refractivity contribution in [1.82, 2.24) is 15.3 Å². The van der Waals surface area contributed by atoms with Gasteiger partial charge in [0, 0.05) is 11.8 Å². The van der Waals surface area contributed by atoms with Gasteiger partial charge >= 0.3 is 0 Å². The fourth-order valence-corrected chi connectivity index (χ4v) is 1.98. The molecule has 1 aromatic carbocycles. The SMILES string of the molecule is CCNC(c1ccnc(C)n1)c1c(F)cccc1F. The van der Waals surface area contributed by atoms with Crippen LogP contribution in [0.1, 0.15) is 30.0 Å². The number of aromatic nitrogens is 2. The van der Waals surface area contributed by atoms with Crippen molar-refractivity contribution in [2.75, 3.05) is 6.54 Å². The van der Waals surface area contributed by atoms with Crippen molar-refractivity contribution in [2.45, 2.75) is 19.9 Å². The third kappa shape index (κ3) is 2.93. The van der Waals surface area contributed by atoms with Crippen LogP contribution in [0, 0.1) is 18.6 Å². The van der Waals surface area contributed by atoms with Gasteiger partial charge in [0.2, 0.25) is 0 Å². The highest BCUT2D eigenvalue weighted by Gasteiger charge is 2.22. The summed E-state index contributed by atoms with van der Waals surface area (Å²) in [6.07, 6.45) is 1.58. The fraction of sp³-hybridized carbons (Fsp3) is 0.286. The molecule has 0 radical (unpaired) electrons. The highest BCUT2D eigenvalue weighted by Crippen LogP contribution is 2.25. The van der Waals surface area contributed by atoms with Crippen LogP contribution in [0.25, 0.3) is 0 Å². The van der Waals surface area contributed by atoms with Crippen LogP contribution < -0.4 is 5.32 Å². The number of hydrogen-bond acceptors (Lipinski definition) is 3. The Hall–Kier alpha value is -1.88. The van der Waals surface area contributed by atoms with Gasteiger partial charge in [-0.2, -0.15) is 0 Å². The van der Waals surface area contributed by atoms with Crippen molar-refractivity contribution in [1.29, 1.82) is 0 Å². The molecule has 19 heavy (non-hydrogen) atoms. The summed E-state index contributed by atoms with van der Waals surface area (Å²) in [5.74, 6) is -0.596. The summed E-state index contributed by atoms with van der Waals surface area (Å²) >= 11 is 0. The number of aryl methyl sites for hydroxylation is 1. The number of rotatable bonds is 4. The van der Waals surface area contributed by atoms with Gasteiger partial charge in [0.1, 0.15) is 17.5 Å². The molecule has 2 aromatic rings. The molecule has 2 rings (SSSR count). The Morgan fingerprint density at radius 2 is 1.89 bits per heavy atom. The van der Waals surface area contributed by atoms with Gasteiger partial charge in [-0.25, -0.2) is 18.7 Å². The zero-order chi connectivity index (χ0) is 13.8. The molecule has 1 N–H and O–H groups in total. The summed E-state index contributed by atoms with van der Waals surface area (Å²) in [4.78, 5) is 8.24. The van der Waals surface area contributed by atoms with Gasteiger partial charge < -0.3 is 5.32 Å². The van der Waals surface area contributed by atoms with Gasteiger partial charge in [-0.1, -0.05) is 13.0 Å². The summed E-state index contributed by atoms with van der Waals surface area (Å²) in [5.41, 5.74) is 0.542. The molecule has 5 heteroatoms. The summed E-state index contributed by atoms with van der Waals surface area (Å²) in [5, 5.41) is 3.05. The molecule has 0 fully saturated rings. The first-order valence-corrected chi connectivity index (χ1v) is 6.10. The van der Waals surface area contributed by atoms with Gasteiger partial charge in [-0.3, -0.25) is 0 Å². The van der Waals surface area contributed by atoms with E-state index in [0.29, 0.717) is 18.1 Å². The molecule has 0 saturated heterocycles. The lowest BCUT2D eigenvalue weighted by molar-refractivity contribution is 0.504. The van der Waals surface area contributed by atoms with E-state index in [9.17, 15) is 8.78 Å². The van der Waals surface area contributed by atoms with Crippen molar-refractivity contribution in [2.24, 2.45) is 0 Å². The summed E-state index contributed by atoms with van der Waals surface area (Å²) < 4.78 is 27.8. The molecule has 0 saturated carbocycles. The molecule has 0 bridgehead atoms. The van der Waals surface area contributed by atoms with Gasteiger partial charge in [-0.15, -0.1) is 0 Å². The van der Waals surface area contributed by atoms with Crippen LogP contribution in [-0.2, 0) is 0 Å². The second-order valence-electron chi connectivity index (χ2n) is 4.15. The van der Waals surface area contributed by atoms with E-state index < -0.39 is 17.7 Å². The summed E-state index contributed by atoms with van der Waals surface area (Å²) in [7, 11) is 0. The monoisotopic (exact) mass is 263 g/mol. The van der Waals surface area contributed by atoms with Gasteiger partial charge in [0.05, 0.1) is 11.7 Å². The highest BCUT2D eigenvalue weighted by molar-refractivity contribution is 5.30. The molecule has 1 unspecified atom stereocenters. The standard InChI is InChI=1S/C14H15F2N3/c1-3-17-14(12-7-8-18-9(2)19-12)13-10(15)5-4-6-11(13)16/h4-8,14,17H,3H2,1-2H3. The van der Waals surface area contributed by atoms with E-state index in [4.69, 9.17) is 0 Å². The second kappa shape index (κ2) is 5.84. The minimum absolute atomic E-state index is 0.0116. The van der Waals surface area contributed by atoms with E-state index in [1.807, 2.05) is 6.92 Å². The molecule has 1 heterocycles. The quantitative estimate of drug-likeness (QED) is 0.921. The van der Waals surface area contributed by atoms with Crippen LogP contribution in [-0.4, -0.2) is 16.5 Å². The molecule has 0 aliphatic carbocycles. The Labute approximate surface area is 110 Å². The van der Waals surface area contributed by atoms with Crippen molar-refractivity contribution in [3.8, 4) is 0 Å². The molecular weight excluding hydrogens is 248 g/mol. The molecule has 3 nitrogen and oxygen atoms in total. The maximum absolute atomic E-state index is 13.9. The minimum atomic E-state index is -0.618. The van der Waals surface area contributed by atoms with E-state index in [-0.39, 0.29) is 5.56 Å². The topological polar surface area (TPSA) is 37.8 Å². The Morgan fingerprint density at radius 3 is 2.47 bits per heavy atom. The largest absolute Gasteiger partial charge is 0.305 e. The second-order valence-corrected chi connectivity index (χ2v) is 4.15. The maximum Gasteiger partial charge on any atom is 0.131 e. The Balaban J connectivity index is 2.51. The Morgan fingerprint density at radius 1 is 1.21 bits per heavy atom. The molecule has 0 spiro atoms. The lowest BCUT2D eigenvalue weighted by Crippen LogP contribution is -2.25. The maximum atomic E-state index is 13.9. The molecule has 0 aliphatic heterocycles.